The van der Waals surface area contributed by atoms with Gasteiger partial charge in [0.25, 0.3) is 0 Å². The Hall–Kier alpha value is -1.30. The van der Waals surface area contributed by atoms with Gasteiger partial charge in [-0.1, -0.05) is 19.9 Å². The third kappa shape index (κ3) is 4.16. The smallest absolute Gasteiger partial charge is 0.161 e. The second-order valence-corrected chi connectivity index (χ2v) is 6.68. The lowest BCUT2D eigenvalue weighted by Gasteiger charge is -2.43. The molecule has 0 radical (unpaired) electrons. The standard InChI is InChI=1S/C18H30N2O3/c1-5-23-15-7-6-14(12-16(15)22-4)17(18(2,3)13-21)20-10-8-19-9-11-20/h6-7,12,17,19,21H,5,8-11,13H2,1-4H3/t17-/m0/s1. The molecule has 2 rings (SSSR count). The fraction of sp³-hybridized carbons (Fsp3) is 0.667. The van der Waals surface area contributed by atoms with Crippen molar-refractivity contribution in [2.45, 2.75) is 26.8 Å². The molecule has 0 unspecified atom stereocenters. The molecule has 1 aromatic rings. The van der Waals surface area contributed by atoms with E-state index >= 15 is 0 Å². The van der Waals surface area contributed by atoms with E-state index in [0.717, 1.165) is 43.2 Å². The van der Waals surface area contributed by atoms with Gasteiger partial charge >= 0.3 is 0 Å². The fourth-order valence-corrected chi connectivity index (χ4v) is 3.31. The molecule has 1 heterocycles. The predicted octanol–water partition coefficient (Wildman–Crippen LogP) is 2.06. The second-order valence-electron chi connectivity index (χ2n) is 6.68. The van der Waals surface area contributed by atoms with Crippen LogP contribution >= 0.6 is 0 Å². The van der Waals surface area contributed by atoms with Crippen molar-refractivity contribution in [3.63, 3.8) is 0 Å². The van der Waals surface area contributed by atoms with Gasteiger partial charge in [0.2, 0.25) is 0 Å². The first kappa shape index (κ1) is 18.0. The Balaban J connectivity index is 2.38. The number of hydrogen-bond acceptors (Lipinski definition) is 5. The van der Waals surface area contributed by atoms with Crippen LogP contribution in [0.5, 0.6) is 11.5 Å². The van der Waals surface area contributed by atoms with Gasteiger partial charge in [0.05, 0.1) is 13.7 Å². The zero-order valence-electron chi connectivity index (χ0n) is 14.8. The van der Waals surface area contributed by atoms with Crippen molar-refractivity contribution in [1.29, 1.82) is 0 Å². The van der Waals surface area contributed by atoms with Crippen LogP contribution in [0, 0.1) is 5.41 Å². The van der Waals surface area contributed by atoms with Crippen molar-refractivity contribution in [2.24, 2.45) is 5.41 Å². The van der Waals surface area contributed by atoms with Crippen LogP contribution in [-0.2, 0) is 0 Å². The molecule has 0 bridgehead atoms. The maximum Gasteiger partial charge on any atom is 0.161 e. The van der Waals surface area contributed by atoms with Crippen molar-refractivity contribution >= 4 is 0 Å². The second kappa shape index (κ2) is 7.99. The first-order valence-electron chi connectivity index (χ1n) is 8.40. The Morgan fingerprint density at radius 2 is 1.96 bits per heavy atom. The number of nitrogens with zero attached hydrogens (tertiary/aromatic N) is 1. The van der Waals surface area contributed by atoms with E-state index in [0.29, 0.717) is 6.61 Å². The fourth-order valence-electron chi connectivity index (χ4n) is 3.31. The quantitative estimate of drug-likeness (QED) is 0.805. The van der Waals surface area contributed by atoms with Crippen molar-refractivity contribution in [3.8, 4) is 11.5 Å². The lowest BCUT2D eigenvalue weighted by molar-refractivity contribution is 0.0304. The average Bonchev–Trinajstić information content (AvgIpc) is 2.57. The Labute approximate surface area is 139 Å². The number of methoxy groups -OCH3 is 1. The first-order valence-corrected chi connectivity index (χ1v) is 8.40. The number of aliphatic hydroxyl groups excluding tert-OH is 1. The van der Waals surface area contributed by atoms with E-state index < -0.39 is 0 Å². The molecule has 1 fully saturated rings. The molecule has 23 heavy (non-hydrogen) atoms. The van der Waals surface area contributed by atoms with Crippen LogP contribution in [0.1, 0.15) is 32.4 Å². The lowest BCUT2D eigenvalue weighted by Crippen LogP contribution is -2.49. The van der Waals surface area contributed by atoms with E-state index in [-0.39, 0.29) is 18.1 Å². The zero-order chi connectivity index (χ0) is 16.9. The number of rotatable bonds is 7. The number of hydrogen-bond donors (Lipinski definition) is 2. The van der Waals surface area contributed by atoms with Gasteiger partial charge in [0, 0.05) is 44.2 Å². The van der Waals surface area contributed by atoms with Crippen molar-refractivity contribution in [2.75, 3.05) is 46.5 Å². The normalized spacial score (nSPS) is 17.8. The summed E-state index contributed by atoms with van der Waals surface area (Å²) < 4.78 is 11.1. The van der Waals surface area contributed by atoms with Gasteiger partial charge in [-0.2, -0.15) is 0 Å². The number of piperazine rings is 1. The Kier molecular flexibility index (Phi) is 6.27. The van der Waals surface area contributed by atoms with Gasteiger partial charge in [-0.05, 0) is 24.6 Å². The third-order valence-corrected chi connectivity index (χ3v) is 4.47. The van der Waals surface area contributed by atoms with Gasteiger partial charge in [-0.25, -0.2) is 0 Å². The highest BCUT2D eigenvalue weighted by Crippen LogP contribution is 2.41. The summed E-state index contributed by atoms with van der Waals surface area (Å²) in [5.74, 6) is 1.51. The molecular formula is C18H30N2O3. The molecule has 1 saturated heterocycles. The highest BCUT2D eigenvalue weighted by Gasteiger charge is 2.36. The molecular weight excluding hydrogens is 292 g/mol. The molecule has 0 spiro atoms. The topological polar surface area (TPSA) is 54.0 Å². The first-order chi connectivity index (χ1) is 11.0. The van der Waals surface area contributed by atoms with Gasteiger partial charge < -0.3 is 19.9 Å². The molecule has 2 N–H and O–H groups in total. The van der Waals surface area contributed by atoms with E-state index in [4.69, 9.17) is 9.47 Å². The van der Waals surface area contributed by atoms with Crippen LogP contribution in [0.2, 0.25) is 0 Å². The van der Waals surface area contributed by atoms with E-state index in [1.807, 2.05) is 13.0 Å². The largest absolute Gasteiger partial charge is 0.493 e. The Morgan fingerprint density at radius 1 is 1.26 bits per heavy atom. The SMILES string of the molecule is CCOc1ccc([C@H](N2CCNCC2)C(C)(C)CO)cc1OC. The Bertz CT molecular complexity index is 499. The maximum atomic E-state index is 9.92. The monoisotopic (exact) mass is 322 g/mol. The molecule has 5 heteroatoms. The minimum absolute atomic E-state index is 0.136. The summed E-state index contributed by atoms with van der Waals surface area (Å²) in [6, 6.07) is 6.26. The maximum absolute atomic E-state index is 9.92. The number of aliphatic hydroxyl groups is 1. The van der Waals surface area contributed by atoms with Crippen LogP contribution in [0.4, 0.5) is 0 Å². The lowest BCUT2D eigenvalue weighted by atomic mass is 9.79. The van der Waals surface area contributed by atoms with Gasteiger partial charge in [-0.15, -0.1) is 0 Å². The van der Waals surface area contributed by atoms with Gasteiger partial charge in [0.15, 0.2) is 11.5 Å². The molecule has 1 aliphatic rings. The predicted molar refractivity (Wildman–Crippen MR) is 92.2 cm³/mol. The summed E-state index contributed by atoms with van der Waals surface area (Å²) in [6.07, 6.45) is 0. The van der Waals surface area contributed by atoms with E-state index in [1.165, 1.54) is 0 Å². The van der Waals surface area contributed by atoms with Crippen LogP contribution < -0.4 is 14.8 Å². The highest BCUT2D eigenvalue weighted by molar-refractivity contribution is 5.44. The highest BCUT2D eigenvalue weighted by atomic mass is 16.5. The molecule has 0 aliphatic carbocycles. The van der Waals surface area contributed by atoms with Crippen LogP contribution in [0.3, 0.4) is 0 Å². The minimum atomic E-state index is -0.241. The molecule has 0 saturated carbocycles. The van der Waals surface area contributed by atoms with Crippen molar-refractivity contribution in [3.05, 3.63) is 23.8 Å². The third-order valence-electron chi connectivity index (χ3n) is 4.47. The van der Waals surface area contributed by atoms with E-state index in [9.17, 15) is 5.11 Å². The molecule has 5 nitrogen and oxygen atoms in total. The van der Waals surface area contributed by atoms with Crippen LogP contribution in [-0.4, -0.2) is 56.5 Å². The van der Waals surface area contributed by atoms with E-state index in [1.54, 1.807) is 7.11 Å². The van der Waals surface area contributed by atoms with Crippen LogP contribution in [0.15, 0.2) is 18.2 Å². The number of ether oxygens (including phenoxy) is 2. The summed E-state index contributed by atoms with van der Waals surface area (Å²) in [5, 5.41) is 13.3. The van der Waals surface area contributed by atoms with E-state index in [2.05, 4.69) is 36.2 Å². The summed E-state index contributed by atoms with van der Waals surface area (Å²) in [5.41, 5.74) is 0.918. The number of nitrogens with one attached hydrogen (secondary N) is 1. The summed E-state index contributed by atoms with van der Waals surface area (Å²) in [6.45, 7) is 10.8. The minimum Gasteiger partial charge on any atom is -0.493 e. The molecule has 1 aromatic carbocycles. The molecule has 1 atom stereocenters. The Morgan fingerprint density at radius 3 is 2.52 bits per heavy atom. The summed E-state index contributed by atoms with van der Waals surface area (Å²) in [4.78, 5) is 2.45. The summed E-state index contributed by atoms with van der Waals surface area (Å²) in [7, 11) is 1.67. The van der Waals surface area contributed by atoms with Crippen molar-refractivity contribution in [1.82, 2.24) is 10.2 Å². The van der Waals surface area contributed by atoms with Crippen LogP contribution in [0.25, 0.3) is 0 Å². The van der Waals surface area contributed by atoms with Gasteiger partial charge in [0.1, 0.15) is 0 Å². The number of benzene rings is 1. The molecule has 1 aliphatic heterocycles. The molecule has 0 aromatic heterocycles. The zero-order valence-corrected chi connectivity index (χ0v) is 14.8. The van der Waals surface area contributed by atoms with Crippen molar-refractivity contribution < 1.29 is 14.6 Å². The summed E-state index contributed by atoms with van der Waals surface area (Å²) >= 11 is 0. The average molecular weight is 322 g/mol. The molecule has 0 amide bonds. The van der Waals surface area contributed by atoms with Gasteiger partial charge in [-0.3, -0.25) is 4.90 Å². The molecule has 130 valence electrons.